The molecule has 2 aromatic heterocycles. The van der Waals surface area contributed by atoms with Gasteiger partial charge in [-0.1, -0.05) is 30.3 Å². The average molecular weight is 388 g/mol. The lowest BCUT2D eigenvalue weighted by molar-refractivity contribution is 0.0940. The van der Waals surface area contributed by atoms with Crippen molar-refractivity contribution in [3.8, 4) is 11.3 Å². The zero-order chi connectivity index (χ0) is 20.2. The van der Waals surface area contributed by atoms with Crippen molar-refractivity contribution in [2.24, 2.45) is 0 Å². The van der Waals surface area contributed by atoms with E-state index in [9.17, 15) is 4.79 Å². The van der Waals surface area contributed by atoms with Crippen LogP contribution in [0.1, 0.15) is 16.8 Å². The molecular formula is C22H24N6O. The molecule has 1 unspecified atom stereocenters. The fourth-order valence-corrected chi connectivity index (χ4v) is 3.52. The Morgan fingerprint density at radius 3 is 2.69 bits per heavy atom. The third kappa shape index (κ3) is 4.18. The van der Waals surface area contributed by atoms with Gasteiger partial charge in [0.25, 0.3) is 5.91 Å². The van der Waals surface area contributed by atoms with Gasteiger partial charge in [0.1, 0.15) is 5.82 Å². The Labute approximate surface area is 170 Å². The van der Waals surface area contributed by atoms with E-state index in [0.717, 1.165) is 24.2 Å². The summed E-state index contributed by atoms with van der Waals surface area (Å²) in [6.45, 7) is 1.48. The van der Waals surface area contributed by atoms with Gasteiger partial charge in [-0.25, -0.2) is 15.0 Å². The molecular weight excluding hydrogens is 364 g/mol. The molecule has 1 saturated heterocycles. The van der Waals surface area contributed by atoms with Gasteiger partial charge >= 0.3 is 0 Å². The highest BCUT2D eigenvalue weighted by molar-refractivity contribution is 5.99. The van der Waals surface area contributed by atoms with Gasteiger partial charge in [0, 0.05) is 51.2 Å². The van der Waals surface area contributed by atoms with Crippen LogP contribution in [0.2, 0.25) is 0 Å². The molecule has 1 aliphatic heterocycles. The van der Waals surface area contributed by atoms with Crippen LogP contribution in [0.25, 0.3) is 11.3 Å². The summed E-state index contributed by atoms with van der Waals surface area (Å²) in [6, 6.07) is 15.6. The fourth-order valence-electron chi connectivity index (χ4n) is 3.52. The summed E-state index contributed by atoms with van der Waals surface area (Å²) in [7, 11) is 3.76. The van der Waals surface area contributed by atoms with Crippen LogP contribution in [0.15, 0.2) is 60.9 Å². The molecule has 148 valence electrons. The first-order valence-electron chi connectivity index (χ1n) is 9.68. The maximum atomic E-state index is 12.8. The molecule has 0 radical (unpaired) electrons. The maximum Gasteiger partial charge on any atom is 0.255 e. The van der Waals surface area contributed by atoms with Crippen molar-refractivity contribution in [3.63, 3.8) is 0 Å². The molecule has 0 aliphatic carbocycles. The van der Waals surface area contributed by atoms with E-state index in [-0.39, 0.29) is 11.9 Å². The molecule has 1 aromatic carbocycles. The maximum absolute atomic E-state index is 12.8. The van der Waals surface area contributed by atoms with E-state index in [2.05, 4.69) is 20.2 Å². The molecule has 0 saturated carbocycles. The van der Waals surface area contributed by atoms with Gasteiger partial charge in [0.05, 0.1) is 11.3 Å². The highest BCUT2D eigenvalue weighted by Gasteiger charge is 2.27. The normalized spacial score (nSPS) is 15.9. The van der Waals surface area contributed by atoms with Crippen LogP contribution >= 0.6 is 0 Å². The minimum absolute atomic E-state index is 0.0432. The quantitative estimate of drug-likeness (QED) is 0.724. The van der Waals surface area contributed by atoms with E-state index in [1.165, 1.54) is 0 Å². The summed E-state index contributed by atoms with van der Waals surface area (Å²) < 4.78 is 0. The van der Waals surface area contributed by atoms with Gasteiger partial charge in [-0.2, -0.15) is 0 Å². The largest absolute Gasteiger partial charge is 0.362 e. The van der Waals surface area contributed by atoms with Crippen molar-refractivity contribution in [2.75, 3.05) is 37.0 Å². The molecule has 1 aliphatic rings. The monoisotopic (exact) mass is 388 g/mol. The number of carbonyl (C=O) groups is 1. The number of hydrogen-bond acceptors (Lipinski definition) is 6. The lowest BCUT2D eigenvalue weighted by atomic mass is 10.1. The topological polar surface area (TPSA) is 74.2 Å². The summed E-state index contributed by atoms with van der Waals surface area (Å²) in [4.78, 5) is 30.2. The Morgan fingerprint density at radius 2 is 1.90 bits per heavy atom. The first-order valence-corrected chi connectivity index (χ1v) is 9.68. The molecule has 29 heavy (non-hydrogen) atoms. The molecule has 7 nitrogen and oxygen atoms in total. The second-order valence-corrected chi connectivity index (χ2v) is 7.28. The molecule has 4 rings (SSSR count). The van der Waals surface area contributed by atoms with Crippen LogP contribution in [-0.2, 0) is 0 Å². The highest BCUT2D eigenvalue weighted by Crippen LogP contribution is 2.22. The van der Waals surface area contributed by atoms with Crippen LogP contribution in [0.3, 0.4) is 0 Å². The van der Waals surface area contributed by atoms with Gasteiger partial charge in [0.15, 0.2) is 0 Å². The van der Waals surface area contributed by atoms with Gasteiger partial charge < -0.3 is 15.1 Å². The first kappa shape index (κ1) is 18.9. The summed E-state index contributed by atoms with van der Waals surface area (Å²) in [6.07, 6.45) is 4.33. The molecule has 7 heteroatoms. The van der Waals surface area contributed by atoms with E-state index in [1.54, 1.807) is 24.5 Å². The third-order valence-electron chi connectivity index (χ3n) is 4.97. The van der Waals surface area contributed by atoms with Crippen molar-refractivity contribution in [2.45, 2.75) is 12.5 Å². The molecule has 0 bridgehead atoms. The number of rotatable bonds is 5. The molecule has 1 amide bonds. The number of nitrogens with zero attached hydrogens (tertiary/aromatic N) is 5. The number of aromatic nitrogens is 3. The minimum atomic E-state index is -0.104. The average Bonchev–Trinajstić information content (AvgIpc) is 3.23. The predicted octanol–water partition coefficient (Wildman–Crippen LogP) is 2.61. The van der Waals surface area contributed by atoms with E-state index in [1.807, 2.05) is 55.4 Å². The van der Waals surface area contributed by atoms with Crippen molar-refractivity contribution < 1.29 is 4.79 Å². The summed E-state index contributed by atoms with van der Waals surface area (Å²) in [5, 5.41) is 3.13. The first-order chi connectivity index (χ1) is 14.1. The number of hydrogen-bond donors (Lipinski definition) is 1. The summed E-state index contributed by atoms with van der Waals surface area (Å²) in [5.41, 5.74) is 2.54. The second kappa shape index (κ2) is 8.26. The summed E-state index contributed by atoms with van der Waals surface area (Å²) >= 11 is 0. The predicted molar refractivity (Wildman–Crippen MR) is 114 cm³/mol. The number of carbonyl (C=O) groups excluding carboxylic acids is 1. The standard InChI is InChI=1S/C22H24N6O/c1-27(2)20-18(9-6-12-23-20)21(29)25-17-11-14-28(15-17)22-24-13-10-19(26-22)16-7-4-3-5-8-16/h3-10,12-13,17H,11,14-15H2,1-2H3,(H,25,29). The van der Waals surface area contributed by atoms with Crippen molar-refractivity contribution in [1.29, 1.82) is 0 Å². The molecule has 1 atom stereocenters. The Morgan fingerprint density at radius 1 is 1.07 bits per heavy atom. The lowest BCUT2D eigenvalue weighted by Crippen LogP contribution is -2.38. The highest BCUT2D eigenvalue weighted by atomic mass is 16.1. The van der Waals surface area contributed by atoms with E-state index >= 15 is 0 Å². The Kier molecular flexibility index (Phi) is 5.37. The van der Waals surface area contributed by atoms with Crippen molar-refractivity contribution in [1.82, 2.24) is 20.3 Å². The van der Waals surface area contributed by atoms with Crippen LogP contribution in [0, 0.1) is 0 Å². The molecule has 1 fully saturated rings. The Balaban J connectivity index is 1.44. The minimum Gasteiger partial charge on any atom is -0.362 e. The molecule has 0 spiro atoms. The third-order valence-corrected chi connectivity index (χ3v) is 4.97. The molecule has 1 N–H and O–H groups in total. The number of anilines is 2. The molecule has 3 heterocycles. The van der Waals surface area contributed by atoms with Gasteiger partial charge in [-0.15, -0.1) is 0 Å². The summed E-state index contributed by atoms with van der Waals surface area (Å²) in [5.74, 6) is 1.25. The van der Waals surface area contributed by atoms with E-state index in [4.69, 9.17) is 4.98 Å². The van der Waals surface area contributed by atoms with Crippen LogP contribution in [-0.4, -0.2) is 54.1 Å². The lowest BCUT2D eigenvalue weighted by Gasteiger charge is -2.19. The number of benzene rings is 1. The Hall–Kier alpha value is -3.48. The Bertz CT molecular complexity index is 991. The van der Waals surface area contributed by atoms with Crippen LogP contribution in [0.5, 0.6) is 0 Å². The van der Waals surface area contributed by atoms with Crippen molar-refractivity contribution in [3.05, 3.63) is 66.5 Å². The van der Waals surface area contributed by atoms with Gasteiger partial charge in [-0.05, 0) is 24.6 Å². The smallest absolute Gasteiger partial charge is 0.255 e. The van der Waals surface area contributed by atoms with E-state index in [0.29, 0.717) is 23.9 Å². The van der Waals surface area contributed by atoms with Gasteiger partial charge in [0.2, 0.25) is 5.95 Å². The zero-order valence-electron chi connectivity index (χ0n) is 16.6. The second-order valence-electron chi connectivity index (χ2n) is 7.28. The van der Waals surface area contributed by atoms with E-state index < -0.39 is 0 Å². The number of pyridine rings is 1. The number of amides is 1. The fraction of sp³-hybridized carbons (Fsp3) is 0.273. The SMILES string of the molecule is CN(C)c1ncccc1C(=O)NC1CCN(c2nccc(-c3ccccc3)n2)C1. The zero-order valence-corrected chi connectivity index (χ0v) is 16.6. The molecule has 3 aromatic rings. The van der Waals surface area contributed by atoms with Crippen LogP contribution in [0.4, 0.5) is 11.8 Å². The van der Waals surface area contributed by atoms with Crippen LogP contribution < -0.4 is 15.1 Å². The van der Waals surface area contributed by atoms with Crippen molar-refractivity contribution >= 4 is 17.7 Å². The number of nitrogens with one attached hydrogen (secondary N) is 1. The van der Waals surface area contributed by atoms with Gasteiger partial charge in [-0.3, -0.25) is 4.79 Å².